The van der Waals surface area contributed by atoms with E-state index in [1.807, 2.05) is 0 Å². The molecule has 7 nitrogen and oxygen atoms in total. The molecule has 1 fully saturated rings. The number of halogens is 1. The van der Waals surface area contributed by atoms with Gasteiger partial charge in [-0.1, -0.05) is 0 Å². The molecule has 1 aromatic rings. The molecule has 1 aliphatic carbocycles. The van der Waals surface area contributed by atoms with Gasteiger partial charge in [-0.25, -0.2) is 4.79 Å². The molecule has 0 radical (unpaired) electrons. The zero-order valence-corrected chi connectivity index (χ0v) is 13.3. The molecule has 2 rings (SSSR count). The highest BCUT2D eigenvalue weighted by atomic mass is 35.5. The summed E-state index contributed by atoms with van der Waals surface area (Å²) in [6.07, 6.45) is 6.66. The maximum atomic E-state index is 11.6. The van der Waals surface area contributed by atoms with E-state index in [2.05, 4.69) is 20.6 Å². The predicted molar refractivity (Wildman–Crippen MR) is 82.5 cm³/mol. The van der Waals surface area contributed by atoms with Crippen LogP contribution in [0.3, 0.4) is 0 Å². The molecule has 0 spiro atoms. The molecule has 1 aromatic heterocycles. The van der Waals surface area contributed by atoms with Crippen LogP contribution in [0.1, 0.15) is 25.7 Å². The lowest BCUT2D eigenvalue weighted by atomic mass is 9.93. The van der Waals surface area contributed by atoms with Gasteiger partial charge in [-0.3, -0.25) is 4.98 Å². The Balaban J connectivity index is 1.73. The molecule has 2 N–H and O–H groups in total. The first-order valence-electron chi connectivity index (χ1n) is 7.34. The highest BCUT2D eigenvalue weighted by molar-refractivity contribution is 6.18. The van der Waals surface area contributed by atoms with Crippen molar-refractivity contribution in [3.63, 3.8) is 0 Å². The zero-order chi connectivity index (χ0) is 15.8. The third-order valence-corrected chi connectivity index (χ3v) is 3.67. The van der Waals surface area contributed by atoms with Gasteiger partial charge in [-0.05, 0) is 25.7 Å². The number of ether oxygens (including phenoxy) is 2. The van der Waals surface area contributed by atoms with Crippen molar-refractivity contribution >= 4 is 17.6 Å². The number of carbonyl (C=O) groups excluding carboxylic acids is 1. The van der Waals surface area contributed by atoms with Crippen LogP contribution in [0, 0.1) is 0 Å². The van der Waals surface area contributed by atoms with Crippen LogP contribution in [-0.4, -0.2) is 47.7 Å². The summed E-state index contributed by atoms with van der Waals surface area (Å²) in [6, 6.07) is 0.00949. The smallest absolute Gasteiger partial charge is 0.315 e. The Kier molecular flexibility index (Phi) is 6.51. The van der Waals surface area contributed by atoms with Crippen LogP contribution in [-0.2, 0) is 0 Å². The Morgan fingerprint density at radius 3 is 2.73 bits per heavy atom. The van der Waals surface area contributed by atoms with Crippen molar-refractivity contribution in [1.82, 2.24) is 20.6 Å². The SMILES string of the molecule is COc1cncc(OC2CCC(NC(=O)NCCCl)CC2)n1. The molecular weight excluding hydrogens is 308 g/mol. The minimum atomic E-state index is -0.163. The molecule has 0 bridgehead atoms. The van der Waals surface area contributed by atoms with Gasteiger partial charge in [-0.2, -0.15) is 4.98 Å². The Bertz CT molecular complexity index is 481. The molecule has 0 saturated heterocycles. The summed E-state index contributed by atoms with van der Waals surface area (Å²) in [4.78, 5) is 19.8. The lowest BCUT2D eigenvalue weighted by Gasteiger charge is -2.29. The summed E-state index contributed by atoms with van der Waals surface area (Å²) in [5, 5.41) is 5.64. The van der Waals surface area contributed by atoms with Gasteiger partial charge in [0.1, 0.15) is 6.10 Å². The molecular formula is C14H21ClN4O3. The lowest BCUT2D eigenvalue weighted by molar-refractivity contribution is 0.133. The summed E-state index contributed by atoms with van der Waals surface area (Å²) in [6.45, 7) is 0.473. The third-order valence-electron chi connectivity index (χ3n) is 3.48. The second kappa shape index (κ2) is 8.63. The van der Waals surface area contributed by atoms with Crippen LogP contribution < -0.4 is 20.1 Å². The maximum absolute atomic E-state index is 11.6. The van der Waals surface area contributed by atoms with E-state index in [1.54, 1.807) is 13.3 Å². The number of hydrogen-bond acceptors (Lipinski definition) is 5. The second-order valence-corrected chi connectivity index (χ2v) is 5.46. The molecule has 1 aliphatic rings. The molecule has 1 saturated carbocycles. The Morgan fingerprint density at radius 2 is 2.05 bits per heavy atom. The van der Waals surface area contributed by atoms with Gasteiger partial charge in [-0.15, -0.1) is 11.6 Å². The van der Waals surface area contributed by atoms with E-state index in [9.17, 15) is 4.79 Å². The summed E-state index contributed by atoms with van der Waals surface area (Å²) in [7, 11) is 1.54. The van der Waals surface area contributed by atoms with Crippen molar-refractivity contribution in [2.45, 2.75) is 37.8 Å². The Hall–Kier alpha value is -1.76. The topological polar surface area (TPSA) is 85.4 Å². The zero-order valence-electron chi connectivity index (χ0n) is 12.5. The van der Waals surface area contributed by atoms with Crippen molar-refractivity contribution in [1.29, 1.82) is 0 Å². The van der Waals surface area contributed by atoms with Crippen LogP contribution in [0.4, 0.5) is 4.79 Å². The van der Waals surface area contributed by atoms with Crippen LogP contribution >= 0.6 is 11.6 Å². The molecule has 0 aromatic carbocycles. The average molecular weight is 329 g/mol. The highest BCUT2D eigenvalue weighted by Gasteiger charge is 2.24. The van der Waals surface area contributed by atoms with Crippen molar-refractivity contribution < 1.29 is 14.3 Å². The molecule has 0 aliphatic heterocycles. The van der Waals surface area contributed by atoms with Gasteiger partial charge in [0.2, 0.25) is 11.8 Å². The van der Waals surface area contributed by atoms with Gasteiger partial charge in [0.25, 0.3) is 0 Å². The standard InChI is InChI=1S/C14H21ClN4O3/c1-21-12-8-16-9-13(19-12)22-11-4-2-10(3-5-11)18-14(20)17-7-6-15/h8-11H,2-7H2,1H3,(H2,17,18,20). The summed E-state index contributed by atoms with van der Waals surface area (Å²) in [5.74, 6) is 1.31. The van der Waals surface area contributed by atoms with E-state index in [1.165, 1.54) is 6.20 Å². The number of amides is 2. The second-order valence-electron chi connectivity index (χ2n) is 5.08. The molecule has 8 heteroatoms. The molecule has 22 heavy (non-hydrogen) atoms. The van der Waals surface area contributed by atoms with Gasteiger partial charge >= 0.3 is 6.03 Å². The van der Waals surface area contributed by atoms with Crippen LogP contribution in [0.25, 0.3) is 0 Å². The van der Waals surface area contributed by atoms with E-state index in [-0.39, 0.29) is 18.2 Å². The molecule has 122 valence electrons. The van der Waals surface area contributed by atoms with Crippen molar-refractivity contribution in [2.24, 2.45) is 0 Å². The lowest BCUT2D eigenvalue weighted by Crippen LogP contribution is -2.45. The minimum absolute atomic E-state index is 0.0883. The summed E-state index contributed by atoms with van der Waals surface area (Å²) < 4.78 is 10.8. The molecule has 0 atom stereocenters. The van der Waals surface area contributed by atoms with Crippen LogP contribution in [0.2, 0.25) is 0 Å². The largest absolute Gasteiger partial charge is 0.480 e. The van der Waals surface area contributed by atoms with Crippen LogP contribution in [0.5, 0.6) is 11.8 Å². The number of rotatable bonds is 6. The molecule has 0 unspecified atom stereocenters. The summed E-state index contributed by atoms with van der Waals surface area (Å²) >= 11 is 5.53. The quantitative estimate of drug-likeness (QED) is 0.776. The van der Waals surface area contributed by atoms with Gasteiger partial charge in [0, 0.05) is 18.5 Å². The minimum Gasteiger partial charge on any atom is -0.480 e. The number of nitrogens with one attached hydrogen (secondary N) is 2. The van der Waals surface area contributed by atoms with Gasteiger partial charge < -0.3 is 20.1 Å². The van der Waals surface area contributed by atoms with Gasteiger partial charge in [0.05, 0.1) is 19.5 Å². The van der Waals surface area contributed by atoms with E-state index in [0.29, 0.717) is 24.2 Å². The van der Waals surface area contributed by atoms with E-state index in [4.69, 9.17) is 21.1 Å². The van der Waals surface area contributed by atoms with E-state index >= 15 is 0 Å². The third kappa shape index (κ3) is 5.22. The number of carbonyl (C=O) groups is 1. The Morgan fingerprint density at radius 1 is 1.32 bits per heavy atom. The fourth-order valence-corrected chi connectivity index (χ4v) is 2.47. The number of urea groups is 1. The van der Waals surface area contributed by atoms with Crippen LogP contribution in [0.15, 0.2) is 12.4 Å². The first kappa shape index (κ1) is 16.6. The number of aromatic nitrogens is 2. The first-order chi connectivity index (χ1) is 10.7. The Labute approximate surface area is 134 Å². The van der Waals surface area contributed by atoms with E-state index < -0.39 is 0 Å². The molecule has 1 heterocycles. The van der Waals surface area contributed by atoms with Crippen molar-refractivity contribution in [2.75, 3.05) is 19.5 Å². The normalized spacial score (nSPS) is 21.0. The number of methoxy groups -OCH3 is 1. The maximum Gasteiger partial charge on any atom is 0.315 e. The molecule has 2 amide bonds. The number of nitrogens with zero attached hydrogens (tertiary/aromatic N) is 2. The highest BCUT2D eigenvalue weighted by Crippen LogP contribution is 2.23. The van der Waals surface area contributed by atoms with Crippen molar-refractivity contribution in [3.05, 3.63) is 12.4 Å². The van der Waals surface area contributed by atoms with Gasteiger partial charge in [0.15, 0.2) is 0 Å². The fraction of sp³-hybridized carbons (Fsp3) is 0.643. The first-order valence-corrected chi connectivity index (χ1v) is 7.87. The average Bonchev–Trinajstić information content (AvgIpc) is 2.55. The fourth-order valence-electron chi connectivity index (χ4n) is 2.38. The number of hydrogen-bond donors (Lipinski definition) is 2. The van der Waals surface area contributed by atoms with Crippen molar-refractivity contribution in [3.8, 4) is 11.8 Å². The van der Waals surface area contributed by atoms with E-state index in [0.717, 1.165) is 25.7 Å². The predicted octanol–water partition coefficient (Wildman–Crippen LogP) is 1.71. The number of alkyl halides is 1. The summed E-state index contributed by atoms with van der Waals surface area (Å²) in [5.41, 5.74) is 0. The monoisotopic (exact) mass is 328 g/mol.